The molecule has 2 unspecified atom stereocenters. The van der Waals surface area contributed by atoms with E-state index in [1.54, 1.807) is 0 Å². The first-order valence-corrected chi connectivity index (χ1v) is 8.21. The maximum Gasteiger partial charge on any atom is 0.318 e. The molecule has 0 aromatic rings. The molecule has 0 aromatic carbocycles. The summed E-state index contributed by atoms with van der Waals surface area (Å²) in [4.78, 5) is 39.8. The quantitative estimate of drug-likeness (QED) is 0.749. The first-order valence-electron chi connectivity index (χ1n) is 8.21. The predicted octanol–water partition coefficient (Wildman–Crippen LogP) is 1.64. The monoisotopic (exact) mass is 307 g/mol. The second kappa shape index (κ2) is 5.25. The molecule has 6 nitrogen and oxygen atoms in total. The minimum atomic E-state index is -0.256. The molecule has 3 aliphatic rings. The van der Waals surface area contributed by atoms with E-state index in [9.17, 15) is 14.4 Å². The molecule has 3 saturated heterocycles. The lowest BCUT2D eigenvalue weighted by molar-refractivity contribution is -0.142. The van der Waals surface area contributed by atoms with Gasteiger partial charge in [0.2, 0.25) is 11.8 Å². The van der Waals surface area contributed by atoms with Gasteiger partial charge >= 0.3 is 6.03 Å². The van der Waals surface area contributed by atoms with Gasteiger partial charge in [-0.15, -0.1) is 0 Å². The van der Waals surface area contributed by atoms with Gasteiger partial charge < -0.3 is 10.2 Å². The Morgan fingerprint density at radius 1 is 1.00 bits per heavy atom. The summed E-state index contributed by atoms with van der Waals surface area (Å²) in [5, 5.41) is 3.03. The van der Waals surface area contributed by atoms with Crippen LogP contribution < -0.4 is 5.32 Å². The van der Waals surface area contributed by atoms with Crippen LogP contribution in [0.25, 0.3) is 0 Å². The zero-order chi connectivity index (χ0) is 16.1. The van der Waals surface area contributed by atoms with Crippen LogP contribution in [-0.4, -0.2) is 51.3 Å². The molecular formula is C16H25N3O3. The van der Waals surface area contributed by atoms with Gasteiger partial charge in [0.1, 0.15) is 0 Å². The number of amides is 4. The lowest BCUT2D eigenvalue weighted by Gasteiger charge is -2.42. The fraction of sp³-hybridized carbons (Fsp3) is 0.812. The number of nitrogens with zero attached hydrogens (tertiary/aromatic N) is 2. The van der Waals surface area contributed by atoms with Crippen LogP contribution in [0.5, 0.6) is 0 Å². The third-order valence-electron chi connectivity index (χ3n) is 4.88. The van der Waals surface area contributed by atoms with Gasteiger partial charge in [-0.05, 0) is 46.5 Å². The highest BCUT2D eigenvalue weighted by Crippen LogP contribution is 2.39. The lowest BCUT2D eigenvalue weighted by Crippen LogP contribution is -2.58. The van der Waals surface area contributed by atoms with Crippen molar-refractivity contribution >= 4 is 17.8 Å². The number of hydrogen-bond donors (Lipinski definition) is 1. The van der Waals surface area contributed by atoms with Gasteiger partial charge in [0.05, 0.1) is 0 Å². The first-order chi connectivity index (χ1) is 10.3. The molecule has 0 saturated carbocycles. The Hall–Kier alpha value is -1.59. The van der Waals surface area contributed by atoms with Gasteiger partial charge in [-0.25, -0.2) is 4.79 Å². The van der Waals surface area contributed by atoms with Crippen molar-refractivity contribution in [3.63, 3.8) is 0 Å². The van der Waals surface area contributed by atoms with Crippen LogP contribution in [0.15, 0.2) is 0 Å². The maximum absolute atomic E-state index is 12.5. The van der Waals surface area contributed by atoms with E-state index in [1.165, 1.54) is 4.90 Å². The minimum absolute atomic E-state index is 0.0151. The van der Waals surface area contributed by atoms with Crippen LogP contribution >= 0.6 is 0 Å². The third kappa shape index (κ3) is 2.71. The Balaban J connectivity index is 1.70. The zero-order valence-electron chi connectivity index (χ0n) is 13.6. The molecule has 3 rings (SSSR count). The number of carbonyl (C=O) groups is 3. The van der Waals surface area contributed by atoms with Crippen molar-refractivity contribution in [1.82, 2.24) is 15.1 Å². The fourth-order valence-corrected chi connectivity index (χ4v) is 4.08. The highest BCUT2D eigenvalue weighted by molar-refractivity contribution is 6.02. The predicted molar refractivity (Wildman–Crippen MR) is 81.0 cm³/mol. The molecule has 2 atom stereocenters. The summed E-state index contributed by atoms with van der Waals surface area (Å²) in [6.07, 6.45) is 4.08. The fourth-order valence-electron chi connectivity index (χ4n) is 4.08. The molecule has 1 N–H and O–H groups in total. The van der Waals surface area contributed by atoms with Gasteiger partial charge in [-0.2, -0.15) is 0 Å². The summed E-state index contributed by atoms with van der Waals surface area (Å²) in [6, 6.07) is 0.260. The summed E-state index contributed by atoms with van der Waals surface area (Å²) in [6.45, 7) is 5.92. The van der Waals surface area contributed by atoms with Crippen molar-refractivity contribution in [2.75, 3.05) is 0 Å². The van der Waals surface area contributed by atoms with E-state index in [-0.39, 0.29) is 41.5 Å². The Bertz CT molecular complexity index is 481. The number of carbonyl (C=O) groups excluding carboxylic acids is 3. The molecule has 3 fully saturated rings. The molecular weight excluding hydrogens is 282 g/mol. The SMILES string of the molecule is CC(C)(C)NC(=O)N1C2CCC1CC(N1C(=O)CCC1=O)C2. The number of likely N-dealkylation sites (tertiary alicyclic amines) is 1. The van der Waals surface area contributed by atoms with Gasteiger partial charge in [-0.1, -0.05) is 0 Å². The van der Waals surface area contributed by atoms with Crippen LogP contribution in [-0.2, 0) is 9.59 Å². The number of rotatable bonds is 1. The number of piperidine rings is 1. The molecule has 3 aliphatic heterocycles. The molecule has 0 radical (unpaired) electrons. The lowest BCUT2D eigenvalue weighted by atomic mass is 9.96. The number of urea groups is 1. The van der Waals surface area contributed by atoms with Crippen molar-refractivity contribution < 1.29 is 14.4 Å². The van der Waals surface area contributed by atoms with Gasteiger partial charge in [0.15, 0.2) is 0 Å². The summed E-state index contributed by atoms with van der Waals surface area (Å²) >= 11 is 0. The molecule has 6 heteroatoms. The average Bonchev–Trinajstić information content (AvgIpc) is 2.85. The Morgan fingerprint density at radius 2 is 1.50 bits per heavy atom. The van der Waals surface area contributed by atoms with Crippen molar-refractivity contribution in [3.8, 4) is 0 Å². The van der Waals surface area contributed by atoms with E-state index < -0.39 is 0 Å². The van der Waals surface area contributed by atoms with E-state index in [0.29, 0.717) is 12.8 Å². The number of hydrogen-bond acceptors (Lipinski definition) is 3. The van der Waals surface area contributed by atoms with Gasteiger partial charge in [-0.3, -0.25) is 14.5 Å². The van der Waals surface area contributed by atoms with Crippen molar-refractivity contribution in [2.24, 2.45) is 0 Å². The van der Waals surface area contributed by atoms with E-state index in [4.69, 9.17) is 0 Å². The van der Waals surface area contributed by atoms with Crippen LogP contribution in [0, 0.1) is 0 Å². The normalized spacial score (nSPS) is 31.9. The third-order valence-corrected chi connectivity index (χ3v) is 4.88. The van der Waals surface area contributed by atoms with E-state index >= 15 is 0 Å². The second-order valence-electron chi connectivity index (χ2n) is 7.76. The summed E-state index contributed by atoms with van der Waals surface area (Å²) < 4.78 is 0. The van der Waals surface area contributed by atoms with Crippen molar-refractivity contribution in [3.05, 3.63) is 0 Å². The molecule has 122 valence electrons. The number of nitrogens with one attached hydrogen (secondary N) is 1. The molecule has 4 amide bonds. The summed E-state index contributed by atoms with van der Waals surface area (Å²) in [7, 11) is 0. The molecule has 3 heterocycles. The Morgan fingerprint density at radius 3 is 1.95 bits per heavy atom. The maximum atomic E-state index is 12.5. The standard InChI is InChI=1S/C16H25N3O3/c1-16(2,3)17-15(22)18-10-4-5-11(18)9-12(8-10)19-13(20)6-7-14(19)21/h10-12H,4-9H2,1-3H3,(H,17,22). The summed E-state index contributed by atoms with van der Waals surface area (Å²) in [5.41, 5.74) is -0.256. The van der Waals surface area contributed by atoms with E-state index in [1.807, 2.05) is 25.7 Å². The highest BCUT2D eigenvalue weighted by atomic mass is 16.2. The van der Waals surface area contributed by atoms with Crippen molar-refractivity contribution in [2.45, 2.75) is 83.0 Å². The van der Waals surface area contributed by atoms with E-state index in [0.717, 1.165) is 25.7 Å². The zero-order valence-corrected chi connectivity index (χ0v) is 13.6. The van der Waals surface area contributed by atoms with Crippen LogP contribution in [0.4, 0.5) is 4.79 Å². The molecule has 0 aromatic heterocycles. The average molecular weight is 307 g/mol. The Kier molecular flexibility index (Phi) is 3.65. The minimum Gasteiger partial charge on any atom is -0.333 e. The largest absolute Gasteiger partial charge is 0.333 e. The topological polar surface area (TPSA) is 69.7 Å². The molecule has 22 heavy (non-hydrogen) atoms. The van der Waals surface area contributed by atoms with Crippen molar-refractivity contribution in [1.29, 1.82) is 0 Å². The van der Waals surface area contributed by atoms with Crippen LogP contribution in [0.3, 0.4) is 0 Å². The Labute approximate surface area is 131 Å². The molecule has 0 aliphatic carbocycles. The van der Waals surface area contributed by atoms with Crippen LogP contribution in [0.2, 0.25) is 0 Å². The number of imide groups is 1. The van der Waals surface area contributed by atoms with Gasteiger partial charge in [0, 0.05) is 36.5 Å². The second-order valence-corrected chi connectivity index (χ2v) is 7.76. The smallest absolute Gasteiger partial charge is 0.318 e. The van der Waals surface area contributed by atoms with Gasteiger partial charge in [0.25, 0.3) is 0 Å². The highest BCUT2D eigenvalue weighted by Gasteiger charge is 2.48. The first kappa shape index (κ1) is 15.3. The molecule has 0 spiro atoms. The summed E-state index contributed by atoms with van der Waals surface area (Å²) in [5.74, 6) is -0.0796. The van der Waals surface area contributed by atoms with Crippen LogP contribution in [0.1, 0.15) is 59.3 Å². The molecule has 2 bridgehead atoms. The number of fused-ring (bicyclic) bond motifs is 2. The van der Waals surface area contributed by atoms with E-state index in [2.05, 4.69) is 5.32 Å².